The lowest BCUT2D eigenvalue weighted by Gasteiger charge is -2.50. The van der Waals surface area contributed by atoms with Crippen molar-refractivity contribution in [1.82, 2.24) is 14.6 Å². The predicted molar refractivity (Wildman–Crippen MR) is 121 cm³/mol. The number of hydrogen-bond acceptors (Lipinski definition) is 5. The van der Waals surface area contributed by atoms with E-state index in [-0.39, 0.29) is 6.29 Å². The number of ether oxygens (including phenoxy) is 2. The summed E-state index contributed by atoms with van der Waals surface area (Å²) in [4.78, 5) is 6.56. The van der Waals surface area contributed by atoms with Crippen LogP contribution in [0.15, 0.2) is 73.1 Å². The fourth-order valence-corrected chi connectivity index (χ4v) is 4.31. The van der Waals surface area contributed by atoms with Crippen molar-refractivity contribution in [1.29, 1.82) is 0 Å². The lowest BCUT2D eigenvalue weighted by molar-refractivity contribution is -0.396. The van der Waals surface area contributed by atoms with Gasteiger partial charge in [-0.2, -0.15) is 18.3 Å². The average Bonchev–Trinajstić information content (AvgIpc) is 3.25. The van der Waals surface area contributed by atoms with E-state index >= 15 is 0 Å². The third-order valence-corrected chi connectivity index (χ3v) is 6.37. The molecule has 1 unspecified atom stereocenters. The van der Waals surface area contributed by atoms with E-state index in [0.29, 0.717) is 16.8 Å². The van der Waals surface area contributed by atoms with E-state index in [0.717, 1.165) is 23.5 Å². The second-order valence-electron chi connectivity index (χ2n) is 8.41. The largest absolute Gasteiger partial charge is 0.416 e. The van der Waals surface area contributed by atoms with E-state index in [1.165, 1.54) is 12.1 Å². The van der Waals surface area contributed by atoms with Gasteiger partial charge in [0.1, 0.15) is 5.54 Å². The van der Waals surface area contributed by atoms with E-state index < -0.39 is 23.6 Å². The molecule has 0 aliphatic carbocycles. The van der Waals surface area contributed by atoms with Crippen LogP contribution in [0.2, 0.25) is 0 Å². The standard InChI is InChI=1S/C25H23F3N4O2/c1-16-33-23(34-16)24(2,31(3)19-7-5-4-6-8-19)21-13-14-29-22-20(15-30-32(21)22)17-9-11-18(12-10-17)25(26,27)28/h4-16,23H,1-3H3. The van der Waals surface area contributed by atoms with Gasteiger partial charge in [0, 0.05) is 24.5 Å². The molecular formula is C25H23F3N4O2. The van der Waals surface area contributed by atoms with Gasteiger partial charge in [0.15, 0.2) is 18.2 Å². The molecule has 0 saturated carbocycles. The molecule has 3 heterocycles. The second kappa shape index (κ2) is 8.11. The summed E-state index contributed by atoms with van der Waals surface area (Å²) in [5, 5.41) is 4.56. The Labute approximate surface area is 194 Å². The van der Waals surface area contributed by atoms with Crippen molar-refractivity contribution in [3.8, 4) is 11.1 Å². The van der Waals surface area contributed by atoms with Gasteiger partial charge in [-0.05, 0) is 49.7 Å². The zero-order valence-corrected chi connectivity index (χ0v) is 18.8. The molecule has 4 aromatic rings. The number of para-hydroxylation sites is 1. The molecule has 1 saturated heterocycles. The van der Waals surface area contributed by atoms with Crippen LogP contribution in [0.5, 0.6) is 0 Å². The van der Waals surface area contributed by atoms with Crippen molar-refractivity contribution in [2.75, 3.05) is 11.9 Å². The van der Waals surface area contributed by atoms with Crippen LogP contribution in [0.4, 0.5) is 18.9 Å². The summed E-state index contributed by atoms with van der Waals surface area (Å²) in [6, 6.07) is 16.7. The van der Waals surface area contributed by atoms with Crippen molar-refractivity contribution in [2.45, 2.75) is 38.1 Å². The van der Waals surface area contributed by atoms with E-state index in [1.807, 2.05) is 57.3 Å². The summed E-state index contributed by atoms with van der Waals surface area (Å²) in [6.07, 6.45) is -2.01. The number of benzene rings is 2. The van der Waals surface area contributed by atoms with E-state index in [9.17, 15) is 13.2 Å². The Bertz CT molecular complexity index is 1300. The average molecular weight is 468 g/mol. The number of alkyl halides is 3. The predicted octanol–water partition coefficient (Wildman–Crippen LogP) is 5.49. The van der Waals surface area contributed by atoms with Crippen molar-refractivity contribution in [3.05, 3.63) is 84.3 Å². The van der Waals surface area contributed by atoms with Crippen molar-refractivity contribution >= 4 is 11.3 Å². The zero-order valence-electron chi connectivity index (χ0n) is 18.8. The number of likely N-dealkylation sites (N-methyl/N-ethyl adjacent to an activating group) is 1. The maximum Gasteiger partial charge on any atom is 0.416 e. The molecule has 1 atom stereocenters. The minimum absolute atomic E-state index is 0.328. The molecule has 0 amide bonds. The highest BCUT2D eigenvalue weighted by atomic mass is 19.4. The van der Waals surface area contributed by atoms with Crippen LogP contribution >= 0.6 is 0 Å². The van der Waals surface area contributed by atoms with Gasteiger partial charge in [0.2, 0.25) is 0 Å². The first-order valence-electron chi connectivity index (χ1n) is 10.8. The molecule has 6 nitrogen and oxygen atoms in total. The lowest BCUT2D eigenvalue weighted by Crippen LogP contribution is -2.60. The number of halogens is 3. The summed E-state index contributed by atoms with van der Waals surface area (Å²) >= 11 is 0. The molecular weight excluding hydrogens is 445 g/mol. The Hall–Kier alpha value is -3.43. The van der Waals surface area contributed by atoms with Gasteiger partial charge in [-0.25, -0.2) is 9.50 Å². The summed E-state index contributed by atoms with van der Waals surface area (Å²) in [5.74, 6) is 0. The second-order valence-corrected chi connectivity index (χ2v) is 8.41. The van der Waals surface area contributed by atoms with E-state index in [4.69, 9.17) is 9.47 Å². The third kappa shape index (κ3) is 3.61. The van der Waals surface area contributed by atoms with Crippen LogP contribution in [0, 0.1) is 0 Å². The van der Waals surface area contributed by atoms with Crippen LogP contribution in [0.25, 0.3) is 16.8 Å². The molecule has 9 heteroatoms. The summed E-state index contributed by atoms with van der Waals surface area (Å²) in [6.45, 7) is 3.84. The first-order valence-corrected chi connectivity index (χ1v) is 10.8. The van der Waals surface area contributed by atoms with Crippen LogP contribution in [-0.4, -0.2) is 34.2 Å². The fraction of sp³-hybridized carbons (Fsp3) is 0.280. The molecule has 176 valence electrons. The van der Waals surface area contributed by atoms with Gasteiger partial charge in [0.25, 0.3) is 0 Å². The summed E-state index contributed by atoms with van der Waals surface area (Å²) in [5.41, 5.74) is 1.97. The third-order valence-electron chi connectivity index (χ3n) is 6.37. The number of fused-ring (bicyclic) bond motifs is 1. The lowest BCUT2D eigenvalue weighted by atomic mass is 9.92. The molecule has 0 N–H and O–H groups in total. The maximum atomic E-state index is 13.0. The quantitative estimate of drug-likeness (QED) is 0.388. The van der Waals surface area contributed by atoms with Crippen molar-refractivity contribution in [3.63, 3.8) is 0 Å². The number of rotatable bonds is 5. The molecule has 1 fully saturated rings. The van der Waals surface area contributed by atoms with Gasteiger partial charge >= 0.3 is 6.18 Å². The van der Waals surface area contributed by atoms with E-state index in [1.54, 1.807) is 16.9 Å². The van der Waals surface area contributed by atoms with Crippen LogP contribution in [0.3, 0.4) is 0 Å². The molecule has 1 aliphatic heterocycles. The SMILES string of the molecule is CC1OC(C(C)(c2ccnc3c(-c4ccc(C(F)(F)F)cc4)cnn23)N(C)c2ccccc2)O1. The number of hydrogen-bond donors (Lipinski definition) is 0. The maximum absolute atomic E-state index is 13.0. The van der Waals surface area contributed by atoms with E-state index in [2.05, 4.69) is 15.0 Å². The zero-order chi connectivity index (χ0) is 24.1. The molecule has 2 aromatic carbocycles. The van der Waals surface area contributed by atoms with Crippen LogP contribution in [0.1, 0.15) is 25.1 Å². The summed E-state index contributed by atoms with van der Waals surface area (Å²) in [7, 11) is 1.96. The van der Waals surface area contributed by atoms with Gasteiger partial charge in [0.05, 0.1) is 17.5 Å². The number of nitrogens with zero attached hydrogens (tertiary/aromatic N) is 4. The van der Waals surface area contributed by atoms with Gasteiger partial charge in [-0.1, -0.05) is 30.3 Å². The van der Waals surface area contributed by atoms with Gasteiger partial charge in [-0.3, -0.25) is 0 Å². The monoisotopic (exact) mass is 468 g/mol. The Balaban J connectivity index is 1.62. The minimum Gasteiger partial charge on any atom is -0.359 e. The first-order chi connectivity index (χ1) is 16.2. The highest BCUT2D eigenvalue weighted by Crippen LogP contribution is 2.41. The topological polar surface area (TPSA) is 51.9 Å². The van der Waals surface area contributed by atoms with Gasteiger partial charge < -0.3 is 14.4 Å². The van der Waals surface area contributed by atoms with Crippen LogP contribution < -0.4 is 4.90 Å². The molecule has 0 spiro atoms. The normalized spacial score (nSPS) is 20.1. The molecule has 2 aromatic heterocycles. The van der Waals surface area contributed by atoms with Gasteiger partial charge in [-0.15, -0.1) is 0 Å². The molecule has 0 bridgehead atoms. The first kappa shape index (κ1) is 22.4. The Morgan fingerprint density at radius 1 is 0.971 bits per heavy atom. The van der Waals surface area contributed by atoms with Crippen molar-refractivity contribution in [2.24, 2.45) is 0 Å². The number of aromatic nitrogens is 3. The highest BCUT2D eigenvalue weighted by molar-refractivity contribution is 5.77. The highest BCUT2D eigenvalue weighted by Gasteiger charge is 2.50. The molecule has 0 radical (unpaired) electrons. The Morgan fingerprint density at radius 3 is 2.26 bits per heavy atom. The Morgan fingerprint density at radius 2 is 1.65 bits per heavy atom. The number of anilines is 1. The Kier molecular flexibility index (Phi) is 5.33. The molecule has 1 aliphatic rings. The van der Waals surface area contributed by atoms with Crippen molar-refractivity contribution < 1.29 is 22.6 Å². The fourth-order valence-electron chi connectivity index (χ4n) is 4.31. The van der Waals surface area contributed by atoms with Crippen LogP contribution in [-0.2, 0) is 21.2 Å². The minimum atomic E-state index is -4.39. The molecule has 34 heavy (non-hydrogen) atoms. The summed E-state index contributed by atoms with van der Waals surface area (Å²) < 4.78 is 52.6. The smallest absolute Gasteiger partial charge is 0.359 e. The molecule has 5 rings (SSSR count).